The average molecular weight is 400 g/mol. The van der Waals surface area contributed by atoms with Crippen molar-refractivity contribution in [3.8, 4) is 11.5 Å². The highest BCUT2D eigenvalue weighted by Crippen LogP contribution is 2.24. The summed E-state index contributed by atoms with van der Waals surface area (Å²) in [5, 5.41) is 3.97. The first-order valence-electron chi connectivity index (χ1n) is 7.05. The van der Waals surface area contributed by atoms with Gasteiger partial charge in [-0.25, -0.2) is 0 Å². The van der Waals surface area contributed by atoms with Crippen LogP contribution in [0.1, 0.15) is 0 Å². The molecule has 2 aromatic rings. The number of halogens is 2. The molecule has 0 aliphatic rings. The topological polar surface area (TPSA) is 71.6 Å². The Bertz CT molecular complexity index is 754. The van der Waals surface area contributed by atoms with Gasteiger partial charge < -0.3 is 14.8 Å². The fourth-order valence-electron chi connectivity index (χ4n) is 1.79. The summed E-state index contributed by atoms with van der Waals surface area (Å²) in [6.07, 6.45) is 0. The first kappa shape index (κ1) is 19.1. The van der Waals surface area contributed by atoms with Gasteiger partial charge in [0.15, 0.2) is 11.7 Å². The smallest absolute Gasteiger partial charge is 0.276 e. The molecule has 2 rings (SSSR count). The number of ether oxygens (including phenoxy) is 2. The normalized spacial score (nSPS) is 9.88. The van der Waals surface area contributed by atoms with Gasteiger partial charge in [-0.2, -0.15) is 0 Å². The summed E-state index contributed by atoms with van der Waals surface area (Å²) in [5.41, 5.74) is 5.71. The van der Waals surface area contributed by atoms with Crippen molar-refractivity contribution in [2.45, 2.75) is 0 Å². The Morgan fingerprint density at radius 3 is 2.48 bits per heavy atom. The molecule has 0 aromatic heterocycles. The summed E-state index contributed by atoms with van der Waals surface area (Å²) in [7, 11) is 1.57. The molecule has 0 unspecified atom stereocenters. The van der Waals surface area contributed by atoms with E-state index in [1.165, 1.54) is 0 Å². The molecule has 0 heterocycles. The van der Waals surface area contributed by atoms with E-state index in [1.54, 1.807) is 31.4 Å². The van der Waals surface area contributed by atoms with Crippen LogP contribution in [0.5, 0.6) is 11.5 Å². The molecule has 0 aliphatic heterocycles. The van der Waals surface area contributed by atoms with Crippen LogP contribution in [-0.4, -0.2) is 24.7 Å². The molecule has 132 valence electrons. The molecule has 0 saturated heterocycles. The molecule has 1 amide bonds. The second-order valence-electron chi connectivity index (χ2n) is 4.75. The highest BCUT2D eigenvalue weighted by molar-refractivity contribution is 7.80. The van der Waals surface area contributed by atoms with Gasteiger partial charge >= 0.3 is 0 Å². The molecule has 0 spiro atoms. The van der Waals surface area contributed by atoms with Crippen LogP contribution in [0, 0.1) is 0 Å². The second kappa shape index (κ2) is 9.31. The Morgan fingerprint density at radius 2 is 1.80 bits per heavy atom. The quantitative estimate of drug-likeness (QED) is 0.528. The lowest BCUT2D eigenvalue weighted by atomic mass is 10.3. The van der Waals surface area contributed by atoms with Crippen LogP contribution < -0.4 is 25.6 Å². The zero-order valence-electron chi connectivity index (χ0n) is 13.1. The summed E-state index contributed by atoms with van der Waals surface area (Å²) in [6, 6.07) is 11.9. The maximum Gasteiger partial charge on any atom is 0.276 e. The predicted octanol–water partition coefficient (Wildman–Crippen LogP) is 3.40. The number of benzene rings is 2. The number of amides is 1. The number of carbonyl (C=O) groups excluding carboxylic acids is 1. The van der Waals surface area contributed by atoms with Crippen molar-refractivity contribution >= 4 is 52.1 Å². The van der Waals surface area contributed by atoms with E-state index >= 15 is 0 Å². The van der Waals surface area contributed by atoms with Crippen molar-refractivity contribution in [1.82, 2.24) is 10.9 Å². The van der Waals surface area contributed by atoms with Crippen LogP contribution in [0.3, 0.4) is 0 Å². The van der Waals surface area contributed by atoms with E-state index in [0.29, 0.717) is 21.5 Å². The minimum absolute atomic E-state index is 0.215. The molecule has 0 atom stereocenters. The lowest BCUT2D eigenvalue weighted by molar-refractivity contribution is -0.123. The van der Waals surface area contributed by atoms with E-state index in [0.717, 1.165) is 5.69 Å². The Kier molecular flexibility index (Phi) is 7.12. The Morgan fingerprint density at radius 1 is 1.08 bits per heavy atom. The third-order valence-electron chi connectivity index (χ3n) is 2.85. The van der Waals surface area contributed by atoms with Crippen LogP contribution in [0.4, 0.5) is 5.69 Å². The van der Waals surface area contributed by atoms with Gasteiger partial charge in [0.25, 0.3) is 5.91 Å². The van der Waals surface area contributed by atoms with Gasteiger partial charge in [0.1, 0.15) is 11.5 Å². The Labute approximate surface area is 160 Å². The number of thiocarbonyl (C=S) groups is 1. The number of hydrogen-bond acceptors (Lipinski definition) is 4. The number of hydrogen-bond donors (Lipinski definition) is 3. The van der Waals surface area contributed by atoms with E-state index < -0.39 is 5.91 Å². The molecule has 3 N–H and O–H groups in total. The van der Waals surface area contributed by atoms with Gasteiger partial charge in [0.05, 0.1) is 7.11 Å². The van der Waals surface area contributed by atoms with E-state index in [1.807, 2.05) is 18.2 Å². The summed E-state index contributed by atoms with van der Waals surface area (Å²) >= 11 is 16.8. The standard InChI is InChI=1S/C16H15Cl2N3O3S/c1-23-13-4-2-3-12(8-13)19-16(25)21-20-15(22)9-24-14-6-10(17)5-11(18)7-14/h2-8H,9H2,1H3,(H,20,22)(H2,19,21,25). The van der Waals surface area contributed by atoms with Crippen molar-refractivity contribution in [1.29, 1.82) is 0 Å². The fourth-order valence-corrected chi connectivity index (χ4v) is 2.46. The SMILES string of the molecule is COc1cccc(NC(=S)NNC(=O)COc2cc(Cl)cc(Cl)c2)c1. The molecular formula is C16H15Cl2N3O3S. The van der Waals surface area contributed by atoms with Crippen LogP contribution in [-0.2, 0) is 4.79 Å². The molecule has 0 bridgehead atoms. The van der Waals surface area contributed by atoms with Crippen LogP contribution in [0.25, 0.3) is 0 Å². The molecular weight excluding hydrogens is 385 g/mol. The third-order valence-corrected chi connectivity index (χ3v) is 3.49. The van der Waals surface area contributed by atoms with Crippen molar-refractivity contribution in [2.24, 2.45) is 0 Å². The third kappa shape index (κ3) is 6.66. The van der Waals surface area contributed by atoms with Crippen LogP contribution in [0.15, 0.2) is 42.5 Å². The maximum atomic E-state index is 11.8. The van der Waals surface area contributed by atoms with Crippen LogP contribution >= 0.6 is 35.4 Å². The number of hydrazine groups is 1. The molecule has 6 nitrogen and oxygen atoms in total. The lowest BCUT2D eigenvalue weighted by Crippen LogP contribution is -2.45. The largest absolute Gasteiger partial charge is 0.497 e. The van der Waals surface area contributed by atoms with E-state index in [2.05, 4.69) is 16.2 Å². The molecule has 0 radical (unpaired) electrons. The molecule has 2 aromatic carbocycles. The predicted molar refractivity (Wildman–Crippen MR) is 102 cm³/mol. The van der Waals surface area contributed by atoms with Gasteiger partial charge in [-0.3, -0.25) is 15.6 Å². The summed E-state index contributed by atoms with van der Waals surface area (Å²) in [4.78, 5) is 11.8. The highest BCUT2D eigenvalue weighted by atomic mass is 35.5. The first-order valence-corrected chi connectivity index (χ1v) is 8.21. The minimum atomic E-state index is -0.425. The molecule has 0 aliphatic carbocycles. The zero-order valence-corrected chi connectivity index (χ0v) is 15.5. The second-order valence-corrected chi connectivity index (χ2v) is 6.03. The lowest BCUT2D eigenvalue weighted by Gasteiger charge is -2.12. The molecule has 25 heavy (non-hydrogen) atoms. The summed E-state index contributed by atoms with van der Waals surface area (Å²) < 4.78 is 10.4. The van der Waals surface area contributed by atoms with E-state index in [4.69, 9.17) is 44.9 Å². The fraction of sp³-hybridized carbons (Fsp3) is 0.125. The number of carbonyl (C=O) groups is 1. The monoisotopic (exact) mass is 399 g/mol. The van der Waals surface area contributed by atoms with Crippen molar-refractivity contribution < 1.29 is 14.3 Å². The Hall–Kier alpha value is -2.22. The van der Waals surface area contributed by atoms with Crippen molar-refractivity contribution in [2.75, 3.05) is 19.0 Å². The van der Waals surface area contributed by atoms with Crippen molar-refractivity contribution in [3.05, 3.63) is 52.5 Å². The summed E-state index contributed by atoms with van der Waals surface area (Å²) in [6.45, 7) is -0.231. The van der Waals surface area contributed by atoms with Gasteiger partial charge in [-0.1, -0.05) is 29.3 Å². The van der Waals surface area contributed by atoms with E-state index in [-0.39, 0.29) is 11.7 Å². The van der Waals surface area contributed by atoms with Gasteiger partial charge in [0, 0.05) is 21.8 Å². The number of nitrogens with one attached hydrogen (secondary N) is 3. The minimum Gasteiger partial charge on any atom is -0.497 e. The van der Waals surface area contributed by atoms with Crippen molar-refractivity contribution in [3.63, 3.8) is 0 Å². The Balaban J connectivity index is 1.76. The average Bonchev–Trinajstić information content (AvgIpc) is 2.57. The molecule has 9 heteroatoms. The maximum absolute atomic E-state index is 11.8. The van der Waals surface area contributed by atoms with Gasteiger partial charge in [0.2, 0.25) is 0 Å². The van der Waals surface area contributed by atoms with Crippen LogP contribution in [0.2, 0.25) is 10.0 Å². The van der Waals surface area contributed by atoms with Gasteiger partial charge in [-0.15, -0.1) is 0 Å². The highest BCUT2D eigenvalue weighted by Gasteiger charge is 2.06. The number of anilines is 1. The molecule has 0 fully saturated rings. The molecule has 0 saturated carbocycles. The van der Waals surface area contributed by atoms with Gasteiger partial charge in [-0.05, 0) is 42.5 Å². The number of rotatable bonds is 5. The first-order chi connectivity index (χ1) is 12.0. The zero-order chi connectivity index (χ0) is 18.2. The van der Waals surface area contributed by atoms with E-state index in [9.17, 15) is 4.79 Å². The number of methoxy groups -OCH3 is 1. The summed E-state index contributed by atoms with van der Waals surface area (Å²) in [5.74, 6) is 0.654.